The molecular formula is C42H32N4O. The first-order chi connectivity index (χ1) is 23.2. The highest BCUT2D eigenvalue weighted by atomic mass is 16.3. The molecule has 0 fully saturated rings. The van der Waals surface area contributed by atoms with E-state index in [1.165, 1.54) is 33.3 Å². The molecule has 2 aliphatic carbocycles. The molecule has 226 valence electrons. The van der Waals surface area contributed by atoms with Crippen molar-refractivity contribution in [1.29, 1.82) is 0 Å². The Morgan fingerprint density at radius 3 is 2.38 bits per heavy atom. The average Bonchev–Trinajstić information content (AvgIpc) is 3.75. The lowest BCUT2D eigenvalue weighted by atomic mass is 9.89. The lowest BCUT2D eigenvalue weighted by molar-refractivity contribution is 0.561. The van der Waals surface area contributed by atoms with E-state index in [4.69, 9.17) is 15.9 Å². The summed E-state index contributed by atoms with van der Waals surface area (Å²) in [4.78, 5) is 0. The maximum atomic E-state index is 6.91. The summed E-state index contributed by atoms with van der Waals surface area (Å²) in [5.74, 6) is 2.08. The Kier molecular flexibility index (Phi) is 5.47. The van der Waals surface area contributed by atoms with Crippen LogP contribution in [0, 0.1) is 0 Å². The van der Waals surface area contributed by atoms with Gasteiger partial charge in [0, 0.05) is 55.5 Å². The number of aromatic nitrogens is 2. The Hall–Kier alpha value is -5.94. The molecule has 0 bridgehead atoms. The van der Waals surface area contributed by atoms with Crippen LogP contribution in [0.1, 0.15) is 29.0 Å². The van der Waals surface area contributed by atoms with Crippen LogP contribution in [0.5, 0.6) is 0 Å². The number of anilines is 2. The van der Waals surface area contributed by atoms with Gasteiger partial charge in [-0.1, -0.05) is 66.7 Å². The van der Waals surface area contributed by atoms with Crippen molar-refractivity contribution in [2.45, 2.75) is 25.7 Å². The number of hydrogen-bond donors (Lipinski definition) is 2. The number of furan rings is 1. The second-order valence-electron chi connectivity index (χ2n) is 12.8. The maximum absolute atomic E-state index is 6.91. The molecule has 0 radical (unpaired) electrons. The fourth-order valence-corrected chi connectivity index (χ4v) is 8.20. The largest absolute Gasteiger partial charge is 0.456 e. The van der Waals surface area contributed by atoms with Gasteiger partial charge in [-0.05, 0) is 85.9 Å². The predicted octanol–water partition coefficient (Wildman–Crippen LogP) is 9.88. The average molecular weight is 609 g/mol. The van der Waals surface area contributed by atoms with Gasteiger partial charge in [-0.3, -0.25) is 0 Å². The molecule has 5 heteroatoms. The molecule has 0 spiro atoms. The van der Waals surface area contributed by atoms with Crippen LogP contribution < -0.4 is 11.5 Å². The first kappa shape index (κ1) is 26.3. The van der Waals surface area contributed by atoms with Crippen LogP contribution in [-0.4, -0.2) is 9.13 Å². The van der Waals surface area contributed by atoms with Gasteiger partial charge in [0.15, 0.2) is 0 Å². The number of para-hydroxylation sites is 3. The van der Waals surface area contributed by atoms with E-state index >= 15 is 0 Å². The van der Waals surface area contributed by atoms with E-state index < -0.39 is 0 Å². The number of rotatable bonds is 3. The van der Waals surface area contributed by atoms with Gasteiger partial charge in [-0.15, -0.1) is 0 Å². The zero-order valence-corrected chi connectivity index (χ0v) is 25.8. The third-order valence-corrected chi connectivity index (χ3v) is 10.2. The molecule has 2 aliphatic rings. The van der Waals surface area contributed by atoms with Crippen LogP contribution in [0.4, 0.5) is 11.4 Å². The Balaban J connectivity index is 1.26. The van der Waals surface area contributed by atoms with E-state index in [0.29, 0.717) is 0 Å². The van der Waals surface area contributed by atoms with Crippen molar-refractivity contribution in [3.05, 3.63) is 138 Å². The van der Waals surface area contributed by atoms with Gasteiger partial charge in [-0.2, -0.15) is 0 Å². The van der Waals surface area contributed by atoms with Crippen molar-refractivity contribution >= 4 is 50.2 Å². The highest BCUT2D eigenvalue weighted by molar-refractivity contribution is 6.11. The third-order valence-electron chi connectivity index (χ3n) is 10.2. The van der Waals surface area contributed by atoms with Crippen LogP contribution in [0.25, 0.3) is 72.6 Å². The van der Waals surface area contributed by atoms with Gasteiger partial charge < -0.3 is 25.0 Å². The number of allylic oxidation sites excluding steroid dienone is 1. The summed E-state index contributed by atoms with van der Waals surface area (Å²) in [5.41, 5.74) is 27.6. The summed E-state index contributed by atoms with van der Waals surface area (Å²) < 4.78 is 11.4. The van der Waals surface area contributed by atoms with E-state index in [0.717, 1.165) is 92.9 Å². The molecule has 47 heavy (non-hydrogen) atoms. The van der Waals surface area contributed by atoms with Crippen LogP contribution in [0.15, 0.2) is 120 Å². The number of hydrogen-bond acceptors (Lipinski definition) is 3. The molecular weight excluding hydrogens is 576 g/mol. The first-order valence-corrected chi connectivity index (χ1v) is 16.4. The van der Waals surface area contributed by atoms with E-state index in [-0.39, 0.29) is 0 Å². The van der Waals surface area contributed by atoms with Crippen molar-refractivity contribution < 1.29 is 4.42 Å². The Bertz CT molecular complexity index is 2600. The lowest BCUT2D eigenvalue weighted by Gasteiger charge is -2.17. The fourth-order valence-electron chi connectivity index (χ4n) is 8.20. The molecule has 0 saturated heterocycles. The second-order valence-corrected chi connectivity index (χ2v) is 12.8. The van der Waals surface area contributed by atoms with Gasteiger partial charge in [0.05, 0.1) is 27.9 Å². The van der Waals surface area contributed by atoms with E-state index in [2.05, 4.69) is 118 Å². The van der Waals surface area contributed by atoms with Crippen molar-refractivity contribution in [1.82, 2.24) is 9.13 Å². The van der Waals surface area contributed by atoms with Crippen molar-refractivity contribution in [2.75, 3.05) is 11.5 Å². The molecule has 4 N–H and O–H groups in total. The number of benzene rings is 5. The number of fused-ring (bicyclic) bond motifs is 10. The van der Waals surface area contributed by atoms with Gasteiger partial charge in [-0.25, -0.2) is 0 Å². The monoisotopic (exact) mass is 608 g/mol. The van der Waals surface area contributed by atoms with Gasteiger partial charge >= 0.3 is 0 Å². The van der Waals surface area contributed by atoms with Crippen LogP contribution in [0.3, 0.4) is 0 Å². The maximum Gasteiger partial charge on any atom is 0.140 e. The summed E-state index contributed by atoms with van der Waals surface area (Å²) in [6, 6.07) is 38.5. The standard InChI is InChI=1S/C42H32N4O/c43-26-18-21-36-33(24-26)29-11-4-6-15-35(29)46(36)41-28(13-8-14-34(41)44)25-17-19-32-38(23-25)45(27-9-2-1-3-10-27)37-22-20-31-30-12-5-7-16-39(30)47-42(31)40(32)37/h1-4,6-11,13-19,21,23-24H,5,12,20,22,43-44H2. The number of nitrogens with zero attached hydrogens (tertiary/aromatic N) is 2. The number of nitrogens with two attached hydrogens (primary N) is 2. The van der Waals surface area contributed by atoms with Crippen molar-refractivity contribution in [3.8, 4) is 33.8 Å². The molecule has 5 aromatic carbocycles. The summed E-state index contributed by atoms with van der Waals surface area (Å²) in [6.07, 6.45) is 8.47. The van der Waals surface area contributed by atoms with Gasteiger partial charge in [0.1, 0.15) is 11.5 Å². The first-order valence-electron chi connectivity index (χ1n) is 16.4. The minimum Gasteiger partial charge on any atom is -0.456 e. The van der Waals surface area contributed by atoms with Crippen LogP contribution in [-0.2, 0) is 19.3 Å². The molecule has 10 rings (SSSR count). The molecule has 8 aromatic rings. The van der Waals surface area contributed by atoms with Gasteiger partial charge in [0.25, 0.3) is 0 Å². The minimum atomic E-state index is 0.721. The van der Waals surface area contributed by atoms with E-state index in [9.17, 15) is 0 Å². The Morgan fingerprint density at radius 2 is 1.47 bits per heavy atom. The normalized spacial score (nSPS) is 13.7. The highest BCUT2D eigenvalue weighted by Gasteiger charge is 2.32. The Morgan fingerprint density at radius 1 is 0.617 bits per heavy atom. The molecule has 0 aliphatic heterocycles. The Labute approximate surface area is 272 Å². The summed E-state index contributed by atoms with van der Waals surface area (Å²) >= 11 is 0. The van der Waals surface area contributed by atoms with E-state index in [1.807, 2.05) is 12.1 Å². The molecule has 5 nitrogen and oxygen atoms in total. The SMILES string of the molecule is Nc1ccc2c(c1)c1ccccc1n2-c1c(N)cccc1-c1ccc2c3c(n(-c4ccccc4)c2c1)CCc1c-3oc2c1CCC=C2. The molecule has 0 amide bonds. The molecule has 0 atom stereocenters. The fraction of sp³-hybridized carbons (Fsp3) is 0.0952. The van der Waals surface area contributed by atoms with Crippen LogP contribution >= 0.6 is 0 Å². The topological polar surface area (TPSA) is 75.0 Å². The summed E-state index contributed by atoms with van der Waals surface area (Å²) in [7, 11) is 0. The summed E-state index contributed by atoms with van der Waals surface area (Å²) in [5, 5.41) is 3.47. The van der Waals surface area contributed by atoms with Gasteiger partial charge in [0.2, 0.25) is 0 Å². The summed E-state index contributed by atoms with van der Waals surface area (Å²) in [6.45, 7) is 0. The number of nitrogen functional groups attached to an aromatic ring is 2. The van der Waals surface area contributed by atoms with Crippen LogP contribution in [0.2, 0.25) is 0 Å². The second kappa shape index (κ2) is 9.78. The molecule has 3 aromatic heterocycles. The molecule has 3 heterocycles. The third kappa shape index (κ3) is 3.71. The van der Waals surface area contributed by atoms with E-state index in [1.54, 1.807) is 0 Å². The predicted molar refractivity (Wildman–Crippen MR) is 194 cm³/mol. The zero-order chi connectivity index (χ0) is 31.2. The highest BCUT2D eigenvalue weighted by Crippen LogP contribution is 2.48. The lowest BCUT2D eigenvalue weighted by Crippen LogP contribution is -2.08. The minimum absolute atomic E-state index is 0.721. The molecule has 0 saturated carbocycles. The smallest absolute Gasteiger partial charge is 0.140 e. The zero-order valence-electron chi connectivity index (χ0n) is 25.8. The van der Waals surface area contributed by atoms with Crippen molar-refractivity contribution in [3.63, 3.8) is 0 Å². The quantitative estimate of drug-likeness (QED) is 0.196. The molecule has 0 unspecified atom stereocenters. The van der Waals surface area contributed by atoms with Crippen molar-refractivity contribution in [2.24, 2.45) is 0 Å².